The van der Waals surface area contributed by atoms with Crippen molar-refractivity contribution in [3.8, 4) is 23.0 Å². The highest BCUT2D eigenvalue weighted by Gasteiger charge is 2.16. The molecule has 10 nitrogen and oxygen atoms in total. The van der Waals surface area contributed by atoms with E-state index in [1.165, 1.54) is 18.4 Å². The first-order chi connectivity index (χ1) is 14.5. The van der Waals surface area contributed by atoms with E-state index < -0.39 is 0 Å². The zero-order valence-corrected chi connectivity index (χ0v) is 17.8. The molecular weight excluding hydrogens is 406 g/mol. The van der Waals surface area contributed by atoms with E-state index in [4.69, 9.17) is 9.47 Å². The Morgan fingerprint density at radius 1 is 1.30 bits per heavy atom. The second-order valence-electron chi connectivity index (χ2n) is 6.42. The molecule has 0 aliphatic rings. The molecule has 0 atom stereocenters. The fourth-order valence-electron chi connectivity index (χ4n) is 2.41. The fraction of sp³-hybridized carbons (Fsp3) is 0.316. The van der Waals surface area contributed by atoms with Gasteiger partial charge in [0, 0.05) is 36.6 Å². The molecule has 158 valence electrons. The zero-order valence-electron chi connectivity index (χ0n) is 17.0. The molecule has 0 aromatic carbocycles. The number of hydrogen-bond acceptors (Lipinski definition) is 9. The van der Waals surface area contributed by atoms with Gasteiger partial charge in [0.15, 0.2) is 5.13 Å². The van der Waals surface area contributed by atoms with E-state index >= 15 is 0 Å². The average molecular weight is 430 g/mol. The first-order valence-electron chi connectivity index (χ1n) is 9.11. The number of pyridine rings is 1. The minimum absolute atomic E-state index is 0.272. The van der Waals surface area contributed by atoms with E-state index in [9.17, 15) is 4.79 Å². The number of amides is 2. The van der Waals surface area contributed by atoms with Crippen LogP contribution in [0.2, 0.25) is 0 Å². The maximum absolute atomic E-state index is 11.9. The third kappa shape index (κ3) is 5.39. The van der Waals surface area contributed by atoms with Crippen LogP contribution in [0.1, 0.15) is 0 Å². The summed E-state index contributed by atoms with van der Waals surface area (Å²) in [5, 5.41) is 5.77. The lowest BCUT2D eigenvalue weighted by atomic mass is 10.1. The second-order valence-corrected chi connectivity index (χ2v) is 7.40. The van der Waals surface area contributed by atoms with Gasteiger partial charge in [-0.15, -0.1) is 6.58 Å². The number of carbonyl (C=O) groups excluding carboxylic acids is 1. The van der Waals surface area contributed by atoms with Gasteiger partial charge < -0.3 is 19.7 Å². The molecule has 3 aromatic heterocycles. The predicted octanol–water partition coefficient (Wildman–Crippen LogP) is 2.40. The molecule has 0 saturated carbocycles. The number of nitrogens with zero attached hydrogens (tertiary/aromatic N) is 5. The largest absolute Gasteiger partial charge is 0.476 e. The molecule has 30 heavy (non-hydrogen) atoms. The lowest BCUT2D eigenvalue weighted by Crippen LogP contribution is -2.28. The summed E-state index contributed by atoms with van der Waals surface area (Å²) in [6, 6.07) is 1.76. The van der Waals surface area contributed by atoms with Gasteiger partial charge in [-0.05, 0) is 20.2 Å². The van der Waals surface area contributed by atoms with E-state index in [1.807, 2.05) is 25.1 Å². The molecule has 0 aliphatic heterocycles. The van der Waals surface area contributed by atoms with Crippen molar-refractivity contribution in [3.05, 3.63) is 31.1 Å². The van der Waals surface area contributed by atoms with Crippen molar-refractivity contribution in [2.24, 2.45) is 0 Å². The lowest BCUT2D eigenvalue weighted by molar-refractivity contribution is 0.253. The number of hydrogen-bond donors (Lipinski definition) is 2. The molecule has 0 radical (unpaired) electrons. The Labute approximate surface area is 178 Å². The summed E-state index contributed by atoms with van der Waals surface area (Å²) in [6.45, 7) is 5.12. The first-order valence-corrected chi connectivity index (χ1v) is 9.93. The van der Waals surface area contributed by atoms with Crippen LogP contribution in [0.4, 0.5) is 9.93 Å². The number of fused-ring (bicyclic) bond motifs is 1. The lowest BCUT2D eigenvalue weighted by Gasteiger charge is -2.13. The van der Waals surface area contributed by atoms with Gasteiger partial charge in [0.05, 0.1) is 7.11 Å². The van der Waals surface area contributed by atoms with Crippen LogP contribution >= 0.6 is 11.3 Å². The minimum atomic E-state index is -0.361. The fourth-order valence-corrected chi connectivity index (χ4v) is 3.22. The van der Waals surface area contributed by atoms with Gasteiger partial charge in [-0.1, -0.05) is 17.4 Å². The van der Waals surface area contributed by atoms with E-state index in [-0.39, 0.29) is 12.0 Å². The first kappa shape index (κ1) is 21.4. The van der Waals surface area contributed by atoms with E-state index in [0.29, 0.717) is 40.1 Å². The summed E-state index contributed by atoms with van der Waals surface area (Å²) in [5.74, 6) is 0.449. The highest BCUT2D eigenvalue weighted by molar-refractivity contribution is 7.22. The number of urea groups is 1. The number of aromatic nitrogens is 4. The molecular formula is C19H23N7O3S. The normalized spacial score (nSPS) is 10.8. The van der Waals surface area contributed by atoms with Crippen LogP contribution in [0.3, 0.4) is 0 Å². The molecule has 11 heteroatoms. The van der Waals surface area contributed by atoms with Crippen molar-refractivity contribution in [1.29, 1.82) is 0 Å². The molecule has 0 spiro atoms. The van der Waals surface area contributed by atoms with Crippen LogP contribution in [0.5, 0.6) is 11.9 Å². The standard InChI is InChI=1S/C19H23N7O3S/c1-5-6-20-17(27)25-19-23-14-9-13(12-10-21-18(28-4)22-11-12)15(24-16(14)30-19)29-8-7-26(2)3/h5,9-11H,1,6-8H2,2-4H3,(H2,20,23,25,27). The Morgan fingerprint density at radius 3 is 2.73 bits per heavy atom. The average Bonchev–Trinajstić information content (AvgIpc) is 3.12. The zero-order chi connectivity index (χ0) is 21.5. The van der Waals surface area contributed by atoms with Crippen molar-refractivity contribution >= 4 is 32.8 Å². The maximum atomic E-state index is 11.9. The van der Waals surface area contributed by atoms with Crippen LogP contribution in [0.25, 0.3) is 21.5 Å². The smallest absolute Gasteiger partial charge is 0.321 e. The van der Waals surface area contributed by atoms with Crippen molar-refractivity contribution in [3.63, 3.8) is 0 Å². The van der Waals surface area contributed by atoms with Crippen LogP contribution in [-0.2, 0) is 0 Å². The van der Waals surface area contributed by atoms with Gasteiger partial charge in [0.1, 0.15) is 17.0 Å². The van der Waals surface area contributed by atoms with E-state index in [1.54, 1.807) is 18.5 Å². The Kier molecular flexibility index (Phi) is 7.09. The highest BCUT2D eigenvalue weighted by atomic mass is 32.1. The maximum Gasteiger partial charge on any atom is 0.321 e. The van der Waals surface area contributed by atoms with E-state index in [2.05, 4.69) is 37.1 Å². The Balaban J connectivity index is 1.93. The van der Waals surface area contributed by atoms with Crippen LogP contribution in [0, 0.1) is 0 Å². The molecule has 3 aromatic rings. The molecule has 3 rings (SSSR count). The molecule has 0 bridgehead atoms. The molecule has 0 aliphatic carbocycles. The predicted molar refractivity (Wildman–Crippen MR) is 116 cm³/mol. The molecule has 2 amide bonds. The monoisotopic (exact) mass is 429 g/mol. The Morgan fingerprint density at radius 2 is 2.07 bits per heavy atom. The number of anilines is 1. The molecule has 0 saturated heterocycles. The van der Waals surface area contributed by atoms with Crippen molar-refractivity contribution in [1.82, 2.24) is 30.2 Å². The van der Waals surface area contributed by atoms with Gasteiger partial charge in [0.2, 0.25) is 5.88 Å². The van der Waals surface area contributed by atoms with Crippen LogP contribution < -0.4 is 20.1 Å². The van der Waals surface area contributed by atoms with Crippen molar-refractivity contribution < 1.29 is 14.3 Å². The van der Waals surface area contributed by atoms with Gasteiger partial charge in [-0.3, -0.25) is 5.32 Å². The number of carbonyl (C=O) groups is 1. The Hall–Kier alpha value is -3.31. The topological polar surface area (TPSA) is 114 Å². The SMILES string of the molecule is C=CCNC(=O)Nc1nc2cc(-c3cnc(OC)nc3)c(OCCN(C)C)nc2s1. The van der Waals surface area contributed by atoms with Crippen LogP contribution in [0.15, 0.2) is 31.1 Å². The van der Waals surface area contributed by atoms with Gasteiger partial charge in [-0.2, -0.15) is 0 Å². The number of nitrogens with one attached hydrogen (secondary N) is 2. The molecule has 3 heterocycles. The molecule has 0 unspecified atom stereocenters. The third-order valence-corrected chi connectivity index (χ3v) is 4.76. The third-order valence-electron chi connectivity index (χ3n) is 3.88. The summed E-state index contributed by atoms with van der Waals surface area (Å²) < 4.78 is 11.0. The number of thiazole rings is 1. The Bertz CT molecular complexity index is 1020. The number of ether oxygens (including phenoxy) is 2. The van der Waals surface area contributed by atoms with Gasteiger partial charge in [0.25, 0.3) is 0 Å². The number of rotatable bonds is 9. The minimum Gasteiger partial charge on any atom is -0.476 e. The van der Waals surface area contributed by atoms with Gasteiger partial charge in [-0.25, -0.2) is 24.7 Å². The summed E-state index contributed by atoms with van der Waals surface area (Å²) in [7, 11) is 5.45. The van der Waals surface area contributed by atoms with Crippen molar-refractivity contribution in [2.75, 3.05) is 46.2 Å². The number of likely N-dealkylation sites (N-methyl/N-ethyl adjacent to an activating group) is 1. The number of methoxy groups -OCH3 is 1. The highest BCUT2D eigenvalue weighted by Crippen LogP contribution is 2.34. The quantitative estimate of drug-likeness (QED) is 0.499. The van der Waals surface area contributed by atoms with Gasteiger partial charge >= 0.3 is 12.0 Å². The summed E-state index contributed by atoms with van der Waals surface area (Å²) in [6.07, 6.45) is 4.88. The molecule has 2 N–H and O–H groups in total. The van der Waals surface area contributed by atoms with Crippen LogP contribution in [-0.4, -0.2) is 71.8 Å². The summed E-state index contributed by atoms with van der Waals surface area (Å²) in [5.41, 5.74) is 2.05. The van der Waals surface area contributed by atoms with E-state index in [0.717, 1.165) is 12.1 Å². The summed E-state index contributed by atoms with van der Waals surface area (Å²) >= 11 is 1.26. The summed E-state index contributed by atoms with van der Waals surface area (Å²) in [4.78, 5) is 32.0. The van der Waals surface area contributed by atoms with Crippen molar-refractivity contribution in [2.45, 2.75) is 0 Å². The molecule has 0 fully saturated rings. The second kappa shape index (κ2) is 9.94.